The summed E-state index contributed by atoms with van der Waals surface area (Å²) in [6.07, 6.45) is 5.60. The second-order valence-corrected chi connectivity index (χ2v) is 6.82. The fraction of sp³-hybridized carbons (Fsp3) is 0.250. The van der Waals surface area contributed by atoms with Gasteiger partial charge in [-0.1, -0.05) is 35.9 Å². The first-order valence-corrected chi connectivity index (χ1v) is 8.35. The molecule has 0 bridgehead atoms. The number of carbonyl (C=O) groups excluding carboxylic acids is 1. The molecular weight excluding hydrogens is 306 g/mol. The molecule has 1 aliphatic heterocycles. The summed E-state index contributed by atoms with van der Waals surface area (Å²) < 4.78 is 0. The van der Waals surface area contributed by atoms with E-state index in [9.17, 15) is 4.79 Å². The highest BCUT2D eigenvalue weighted by Gasteiger charge is 2.37. The summed E-state index contributed by atoms with van der Waals surface area (Å²) in [6, 6.07) is 14.4. The number of hydrogen-bond donors (Lipinski definition) is 1. The zero-order valence-electron chi connectivity index (χ0n) is 12.9. The minimum atomic E-state index is 0.117. The molecule has 1 aliphatic carbocycles. The maximum Gasteiger partial charge on any atom is 0.159 e. The highest BCUT2D eigenvalue weighted by atomic mass is 35.5. The van der Waals surface area contributed by atoms with Crippen molar-refractivity contribution in [1.29, 1.82) is 0 Å². The van der Waals surface area contributed by atoms with Crippen molar-refractivity contribution in [2.45, 2.75) is 25.3 Å². The van der Waals surface area contributed by atoms with Crippen LogP contribution in [0.15, 0.2) is 54.6 Å². The van der Waals surface area contributed by atoms with Crippen LogP contribution in [0.1, 0.15) is 46.8 Å². The van der Waals surface area contributed by atoms with Gasteiger partial charge in [0.15, 0.2) is 5.78 Å². The summed E-state index contributed by atoms with van der Waals surface area (Å²) in [7, 11) is 0. The van der Waals surface area contributed by atoms with Gasteiger partial charge in [0, 0.05) is 22.2 Å². The van der Waals surface area contributed by atoms with Crippen LogP contribution in [0, 0.1) is 5.92 Å². The molecule has 2 aromatic rings. The number of halogens is 1. The van der Waals surface area contributed by atoms with Crippen LogP contribution in [-0.4, -0.2) is 5.78 Å². The van der Waals surface area contributed by atoms with Gasteiger partial charge in [0.25, 0.3) is 0 Å². The molecule has 0 spiro atoms. The average molecular weight is 324 g/mol. The van der Waals surface area contributed by atoms with Crippen molar-refractivity contribution in [3.63, 3.8) is 0 Å². The lowest BCUT2D eigenvalue weighted by Crippen LogP contribution is -2.29. The van der Waals surface area contributed by atoms with Gasteiger partial charge >= 0.3 is 0 Å². The van der Waals surface area contributed by atoms with Gasteiger partial charge in [-0.15, -0.1) is 0 Å². The van der Waals surface area contributed by atoms with Gasteiger partial charge in [-0.25, -0.2) is 0 Å². The standard InChI is InChI=1S/C20H18ClNO/c1-12(23)14-7-10-19-18(11-14)16-3-2-4-17(16)20(22-19)13-5-8-15(21)9-6-13/h2-3,5-11,16-17,20,22H,4H2,1H3. The molecule has 1 N–H and O–H groups in total. The third kappa shape index (κ3) is 2.47. The molecule has 2 nitrogen and oxygen atoms in total. The van der Waals surface area contributed by atoms with Crippen LogP contribution < -0.4 is 5.32 Å². The van der Waals surface area contributed by atoms with Gasteiger partial charge < -0.3 is 5.32 Å². The number of allylic oxidation sites excluding steroid dienone is 2. The van der Waals surface area contributed by atoms with E-state index in [2.05, 4.69) is 35.7 Å². The van der Waals surface area contributed by atoms with Crippen LogP contribution in [0.3, 0.4) is 0 Å². The molecule has 0 amide bonds. The molecule has 23 heavy (non-hydrogen) atoms. The Kier molecular flexibility index (Phi) is 3.50. The summed E-state index contributed by atoms with van der Waals surface area (Å²) >= 11 is 6.03. The quantitative estimate of drug-likeness (QED) is 0.594. The normalized spacial score (nSPS) is 24.7. The first-order valence-electron chi connectivity index (χ1n) is 7.97. The largest absolute Gasteiger partial charge is 0.378 e. The van der Waals surface area contributed by atoms with Crippen LogP contribution >= 0.6 is 11.6 Å². The van der Waals surface area contributed by atoms with Crippen molar-refractivity contribution in [3.8, 4) is 0 Å². The number of carbonyl (C=O) groups is 1. The van der Waals surface area contributed by atoms with Crippen LogP contribution in [0.5, 0.6) is 0 Å². The van der Waals surface area contributed by atoms with Crippen molar-refractivity contribution < 1.29 is 4.79 Å². The Morgan fingerprint density at radius 1 is 1.17 bits per heavy atom. The summed E-state index contributed by atoms with van der Waals surface area (Å²) in [4.78, 5) is 11.7. The van der Waals surface area contributed by atoms with Crippen LogP contribution in [0.4, 0.5) is 5.69 Å². The van der Waals surface area contributed by atoms with Gasteiger partial charge in [-0.05, 0) is 60.7 Å². The molecule has 0 saturated carbocycles. The van der Waals surface area contributed by atoms with Crippen molar-refractivity contribution in [3.05, 3.63) is 76.3 Å². The smallest absolute Gasteiger partial charge is 0.159 e. The highest BCUT2D eigenvalue weighted by Crippen LogP contribution is 2.49. The van der Waals surface area contributed by atoms with E-state index >= 15 is 0 Å². The monoisotopic (exact) mass is 323 g/mol. The summed E-state index contributed by atoms with van der Waals surface area (Å²) in [5.41, 5.74) is 4.41. The topological polar surface area (TPSA) is 29.1 Å². The third-order valence-electron chi connectivity index (χ3n) is 5.00. The Labute approximate surface area is 141 Å². The summed E-state index contributed by atoms with van der Waals surface area (Å²) in [6.45, 7) is 1.62. The number of hydrogen-bond acceptors (Lipinski definition) is 2. The van der Waals surface area contributed by atoms with Gasteiger partial charge in [-0.3, -0.25) is 4.79 Å². The number of nitrogens with one attached hydrogen (secondary N) is 1. The van der Waals surface area contributed by atoms with Crippen molar-refractivity contribution in [1.82, 2.24) is 0 Å². The minimum Gasteiger partial charge on any atom is -0.378 e. The molecule has 0 aromatic heterocycles. The van der Waals surface area contributed by atoms with E-state index in [0.29, 0.717) is 11.8 Å². The minimum absolute atomic E-state index is 0.117. The molecule has 0 radical (unpaired) electrons. The van der Waals surface area contributed by atoms with Gasteiger partial charge in [0.1, 0.15) is 0 Å². The number of benzene rings is 2. The number of anilines is 1. The van der Waals surface area contributed by atoms with Gasteiger partial charge in [-0.2, -0.15) is 0 Å². The van der Waals surface area contributed by atoms with Gasteiger partial charge in [0.05, 0.1) is 6.04 Å². The molecule has 0 fully saturated rings. The van der Waals surface area contributed by atoms with E-state index in [1.54, 1.807) is 6.92 Å². The van der Waals surface area contributed by atoms with Crippen molar-refractivity contribution in [2.75, 3.05) is 5.32 Å². The molecule has 1 heterocycles. The maximum atomic E-state index is 11.7. The first kappa shape index (κ1) is 14.5. The lowest BCUT2D eigenvalue weighted by molar-refractivity contribution is 0.101. The second kappa shape index (κ2) is 5.54. The highest BCUT2D eigenvalue weighted by molar-refractivity contribution is 6.30. The molecule has 0 saturated heterocycles. The van der Waals surface area contributed by atoms with Gasteiger partial charge in [0.2, 0.25) is 0 Å². The second-order valence-electron chi connectivity index (χ2n) is 6.39. The number of ketones is 1. The third-order valence-corrected chi connectivity index (χ3v) is 5.25. The van der Waals surface area contributed by atoms with Crippen LogP contribution in [0.2, 0.25) is 5.02 Å². The molecule has 3 atom stereocenters. The number of Topliss-reactive ketones (excluding diaryl/α,β-unsaturated/α-hetero) is 1. The van der Waals surface area contributed by atoms with Crippen molar-refractivity contribution >= 4 is 23.1 Å². The molecule has 4 rings (SSSR count). The van der Waals surface area contributed by atoms with E-state index in [-0.39, 0.29) is 11.8 Å². The molecule has 3 heteroatoms. The molecule has 2 aromatic carbocycles. The van der Waals surface area contributed by atoms with E-state index in [1.807, 2.05) is 24.3 Å². The maximum absolute atomic E-state index is 11.7. The lowest BCUT2D eigenvalue weighted by atomic mass is 9.76. The molecular formula is C20H18ClNO. The van der Waals surface area contributed by atoms with E-state index < -0.39 is 0 Å². The number of fused-ring (bicyclic) bond motifs is 3. The van der Waals surface area contributed by atoms with E-state index in [1.165, 1.54) is 11.1 Å². The fourth-order valence-corrected chi connectivity index (χ4v) is 3.94. The molecule has 3 unspecified atom stereocenters. The first-order chi connectivity index (χ1) is 11.1. The fourth-order valence-electron chi connectivity index (χ4n) is 3.81. The Morgan fingerprint density at radius 2 is 1.96 bits per heavy atom. The SMILES string of the molecule is CC(=O)c1ccc2c(c1)C1C=CCC1C(c1ccc(Cl)cc1)N2. The summed E-state index contributed by atoms with van der Waals surface area (Å²) in [5.74, 6) is 0.961. The molecule has 116 valence electrons. The number of rotatable bonds is 2. The van der Waals surface area contributed by atoms with Crippen molar-refractivity contribution in [2.24, 2.45) is 5.92 Å². The zero-order chi connectivity index (χ0) is 16.0. The summed E-state index contributed by atoms with van der Waals surface area (Å²) in [5, 5.41) is 4.44. The predicted molar refractivity (Wildman–Crippen MR) is 94.3 cm³/mol. The average Bonchev–Trinajstić information content (AvgIpc) is 3.04. The van der Waals surface area contributed by atoms with Crippen LogP contribution in [0.25, 0.3) is 0 Å². The molecule has 2 aliphatic rings. The Bertz CT molecular complexity index is 794. The Balaban J connectivity index is 1.77. The van der Waals surface area contributed by atoms with Crippen LogP contribution in [-0.2, 0) is 0 Å². The zero-order valence-corrected chi connectivity index (χ0v) is 13.7. The van der Waals surface area contributed by atoms with E-state index in [4.69, 9.17) is 11.6 Å². The Morgan fingerprint density at radius 3 is 2.70 bits per heavy atom. The predicted octanol–water partition coefficient (Wildman–Crippen LogP) is 5.37. The lowest BCUT2D eigenvalue weighted by Gasteiger charge is -2.37. The Hall–Kier alpha value is -2.06. The van der Waals surface area contributed by atoms with E-state index in [0.717, 1.165) is 22.7 Å².